The molecule has 0 atom stereocenters. The molecule has 120 valence electrons. The van der Waals surface area contributed by atoms with Gasteiger partial charge < -0.3 is 4.74 Å². The lowest BCUT2D eigenvalue weighted by molar-refractivity contribution is -0.123. The standard InChI is InChI=1S/C18H19BrN2O2/c1-2-5-14-8-10-16(11-9-14)23-13-18(22)21-20-12-15-6-3-4-7-17(15)19/h3-4,6-12H,2,5,13H2,1H3,(H,21,22)/b20-12-. The van der Waals surface area contributed by atoms with Crippen LogP contribution < -0.4 is 10.2 Å². The van der Waals surface area contributed by atoms with Crippen molar-refractivity contribution in [2.45, 2.75) is 19.8 Å². The molecule has 0 spiro atoms. The summed E-state index contributed by atoms with van der Waals surface area (Å²) in [5.41, 5.74) is 4.60. The molecule has 2 rings (SSSR count). The largest absolute Gasteiger partial charge is 0.484 e. The number of carbonyl (C=O) groups is 1. The summed E-state index contributed by atoms with van der Waals surface area (Å²) < 4.78 is 6.35. The van der Waals surface area contributed by atoms with Crippen LogP contribution in [0.4, 0.5) is 0 Å². The van der Waals surface area contributed by atoms with E-state index in [1.165, 1.54) is 5.56 Å². The Morgan fingerprint density at radius 2 is 1.96 bits per heavy atom. The first-order valence-corrected chi connectivity index (χ1v) is 8.26. The Morgan fingerprint density at radius 3 is 2.65 bits per heavy atom. The van der Waals surface area contributed by atoms with Crippen molar-refractivity contribution in [1.82, 2.24) is 5.43 Å². The summed E-state index contributed by atoms with van der Waals surface area (Å²) in [7, 11) is 0. The van der Waals surface area contributed by atoms with Crippen LogP contribution in [0.5, 0.6) is 5.75 Å². The van der Waals surface area contributed by atoms with Gasteiger partial charge in [0.05, 0.1) is 6.21 Å². The number of rotatable bonds is 7. The molecule has 1 N–H and O–H groups in total. The molecule has 0 aliphatic heterocycles. The van der Waals surface area contributed by atoms with Crippen molar-refractivity contribution in [3.63, 3.8) is 0 Å². The number of ether oxygens (including phenoxy) is 1. The number of amides is 1. The Morgan fingerprint density at radius 1 is 1.22 bits per heavy atom. The molecule has 0 saturated heterocycles. The van der Waals surface area contributed by atoms with Gasteiger partial charge in [-0.25, -0.2) is 5.43 Å². The van der Waals surface area contributed by atoms with Gasteiger partial charge >= 0.3 is 0 Å². The van der Waals surface area contributed by atoms with E-state index < -0.39 is 0 Å². The molecule has 2 aromatic rings. The van der Waals surface area contributed by atoms with Crippen LogP contribution in [-0.4, -0.2) is 18.7 Å². The molecule has 0 saturated carbocycles. The number of nitrogens with zero attached hydrogens (tertiary/aromatic N) is 1. The summed E-state index contributed by atoms with van der Waals surface area (Å²) in [6.45, 7) is 2.07. The van der Waals surface area contributed by atoms with Gasteiger partial charge in [0, 0.05) is 10.0 Å². The van der Waals surface area contributed by atoms with Crippen molar-refractivity contribution < 1.29 is 9.53 Å². The predicted molar refractivity (Wildman–Crippen MR) is 95.8 cm³/mol. The normalized spacial score (nSPS) is 10.7. The molecule has 0 aliphatic carbocycles. The van der Waals surface area contributed by atoms with Gasteiger partial charge in [-0.05, 0) is 30.2 Å². The Bertz CT molecular complexity index is 669. The minimum Gasteiger partial charge on any atom is -0.484 e. The molecule has 0 bridgehead atoms. The summed E-state index contributed by atoms with van der Waals surface area (Å²) in [6, 6.07) is 15.4. The van der Waals surface area contributed by atoms with Crippen LogP contribution in [0, 0.1) is 0 Å². The van der Waals surface area contributed by atoms with E-state index in [2.05, 4.69) is 33.4 Å². The van der Waals surface area contributed by atoms with Crippen molar-refractivity contribution in [1.29, 1.82) is 0 Å². The van der Waals surface area contributed by atoms with Crippen molar-refractivity contribution in [2.24, 2.45) is 5.10 Å². The summed E-state index contributed by atoms with van der Waals surface area (Å²) in [6.07, 6.45) is 3.74. The lowest BCUT2D eigenvalue weighted by atomic mass is 10.1. The van der Waals surface area contributed by atoms with E-state index in [1.54, 1.807) is 6.21 Å². The molecule has 0 aliphatic rings. The third-order valence-electron chi connectivity index (χ3n) is 3.13. The van der Waals surface area contributed by atoms with E-state index in [4.69, 9.17) is 4.74 Å². The Balaban J connectivity index is 1.78. The van der Waals surface area contributed by atoms with Gasteiger partial charge in [-0.3, -0.25) is 4.79 Å². The molecule has 0 radical (unpaired) electrons. The molecule has 1 amide bonds. The van der Waals surface area contributed by atoms with Crippen LogP contribution in [0.25, 0.3) is 0 Å². The molecule has 23 heavy (non-hydrogen) atoms. The number of hydrogen-bond donors (Lipinski definition) is 1. The fourth-order valence-electron chi connectivity index (χ4n) is 1.98. The van der Waals surface area contributed by atoms with Gasteiger partial charge in [-0.2, -0.15) is 5.10 Å². The van der Waals surface area contributed by atoms with Crippen LogP contribution in [0.2, 0.25) is 0 Å². The third-order valence-corrected chi connectivity index (χ3v) is 3.85. The first-order valence-electron chi connectivity index (χ1n) is 7.47. The van der Waals surface area contributed by atoms with Gasteiger partial charge in [-0.1, -0.05) is 59.6 Å². The molecular formula is C18H19BrN2O2. The van der Waals surface area contributed by atoms with Crippen LogP contribution >= 0.6 is 15.9 Å². The quantitative estimate of drug-likeness (QED) is 0.589. The second kappa shape index (κ2) is 9.10. The van der Waals surface area contributed by atoms with Gasteiger partial charge in [0.2, 0.25) is 0 Å². The highest BCUT2D eigenvalue weighted by Crippen LogP contribution is 2.14. The Hall–Kier alpha value is -2.14. The summed E-state index contributed by atoms with van der Waals surface area (Å²) in [5.74, 6) is 0.376. The number of nitrogens with one attached hydrogen (secondary N) is 1. The fourth-order valence-corrected chi connectivity index (χ4v) is 2.36. The van der Waals surface area contributed by atoms with E-state index in [0.29, 0.717) is 5.75 Å². The van der Waals surface area contributed by atoms with Crippen LogP contribution in [0.1, 0.15) is 24.5 Å². The zero-order valence-corrected chi connectivity index (χ0v) is 14.5. The van der Waals surface area contributed by atoms with Crippen LogP contribution in [-0.2, 0) is 11.2 Å². The molecule has 5 heteroatoms. The summed E-state index contributed by atoms with van der Waals surface area (Å²) >= 11 is 3.41. The predicted octanol–water partition coefficient (Wildman–Crippen LogP) is 3.93. The zero-order chi connectivity index (χ0) is 16.5. The average molecular weight is 375 g/mol. The lowest BCUT2D eigenvalue weighted by Gasteiger charge is -2.06. The third kappa shape index (κ3) is 5.87. The zero-order valence-electron chi connectivity index (χ0n) is 13.0. The lowest BCUT2D eigenvalue weighted by Crippen LogP contribution is -2.24. The van der Waals surface area contributed by atoms with Crippen molar-refractivity contribution in [2.75, 3.05) is 6.61 Å². The van der Waals surface area contributed by atoms with Gasteiger partial charge in [0.15, 0.2) is 6.61 Å². The van der Waals surface area contributed by atoms with Crippen molar-refractivity contribution in [3.05, 3.63) is 64.1 Å². The summed E-state index contributed by atoms with van der Waals surface area (Å²) in [4.78, 5) is 11.7. The van der Waals surface area contributed by atoms with Crippen molar-refractivity contribution in [3.8, 4) is 5.75 Å². The summed E-state index contributed by atoms with van der Waals surface area (Å²) in [5, 5.41) is 3.92. The first kappa shape index (κ1) is 17.2. The highest BCUT2D eigenvalue weighted by atomic mass is 79.9. The average Bonchev–Trinajstić information content (AvgIpc) is 2.56. The van der Waals surface area contributed by atoms with Crippen LogP contribution in [0.3, 0.4) is 0 Å². The van der Waals surface area contributed by atoms with Gasteiger partial charge in [0.1, 0.15) is 5.75 Å². The maximum absolute atomic E-state index is 11.7. The second-order valence-corrected chi connectivity index (χ2v) is 5.85. The first-order chi connectivity index (χ1) is 11.2. The minimum atomic E-state index is -0.300. The van der Waals surface area contributed by atoms with E-state index >= 15 is 0 Å². The van der Waals surface area contributed by atoms with Crippen molar-refractivity contribution >= 4 is 28.1 Å². The number of carbonyl (C=O) groups excluding carboxylic acids is 1. The smallest absolute Gasteiger partial charge is 0.277 e. The second-order valence-electron chi connectivity index (χ2n) is 5.00. The van der Waals surface area contributed by atoms with Gasteiger partial charge in [-0.15, -0.1) is 0 Å². The maximum atomic E-state index is 11.7. The topological polar surface area (TPSA) is 50.7 Å². The molecular weight excluding hydrogens is 356 g/mol. The highest BCUT2D eigenvalue weighted by Gasteiger charge is 2.02. The van der Waals surface area contributed by atoms with Gasteiger partial charge in [0.25, 0.3) is 5.91 Å². The number of aryl methyl sites for hydroxylation is 1. The Labute approximate surface area is 144 Å². The minimum absolute atomic E-state index is 0.0690. The van der Waals surface area contributed by atoms with E-state index in [9.17, 15) is 4.79 Å². The van der Waals surface area contributed by atoms with Crippen LogP contribution in [0.15, 0.2) is 58.1 Å². The maximum Gasteiger partial charge on any atom is 0.277 e. The molecule has 0 fully saturated rings. The SMILES string of the molecule is CCCc1ccc(OCC(=O)N/N=C\c2ccccc2Br)cc1. The molecule has 0 aromatic heterocycles. The highest BCUT2D eigenvalue weighted by molar-refractivity contribution is 9.10. The van der Waals surface area contributed by atoms with E-state index in [0.717, 1.165) is 22.9 Å². The van der Waals surface area contributed by atoms with E-state index in [1.807, 2.05) is 48.5 Å². The fraction of sp³-hybridized carbons (Fsp3) is 0.222. The number of benzene rings is 2. The number of hydrogen-bond acceptors (Lipinski definition) is 3. The molecule has 4 nitrogen and oxygen atoms in total. The molecule has 0 heterocycles. The Kier molecular flexibility index (Phi) is 6.81. The molecule has 0 unspecified atom stereocenters. The number of hydrazone groups is 1. The number of halogens is 1. The van der Waals surface area contributed by atoms with E-state index in [-0.39, 0.29) is 12.5 Å². The molecule has 2 aromatic carbocycles. The monoisotopic (exact) mass is 374 g/mol.